The molecule has 0 aromatic carbocycles. The van der Waals surface area contributed by atoms with Crippen LogP contribution in [0.25, 0.3) is 0 Å². The monoisotopic (exact) mass is 295 g/mol. The molecule has 4 unspecified atom stereocenters. The van der Waals surface area contributed by atoms with Gasteiger partial charge >= 0.3 is 5.97 Å². The summed E-state index contributed by atoms with van der Waals surface area (Å²) in [5, 5.41) is 8.98. The van der Waals surface area contributed by atoms with Crippen molar-refractivity contribution in [1.82, 2.24) is 4.90 Å². The summed E-state index contributed by atoms with van der Waals surface area (Å²) in [4.78, 5) is 25.9. The number of carboxylic acids is 1. The summed E-state index contributed by atoms with van der Waals surface area (Å²) < 4.78 is 5.67. The number of ether oxygens (including phenoxy) is 1. The topological polar surface area (TPSA) is 66.8 Å². The molecule has 4 atom stereocenters. The van der Waals surface area contributed by atoms with Crippen LogP contribution in [0, 0.1) is 11.8 Å². The molecule has 0 aromatic rings. The van der Waals surface area contributed by atoms with Crippen molar-refractivity contribution in [2.45, 2.75) is 70.1 Å². The summed E-state index contributed by atoms with van der Waals surface area (Å²) in [6, 6.07) is 0.525. The maximum Gasteiger partial charge on any atom is 0.303 e. The number of hydrogen-bond donors (Lipinski definition) is 1. The first-order valence-electron chi connectivity index (χ1n) is 8.25. The van der Waals surface area contributed by atoms with E-state index in [1.807, 2.05) is 0 Å². The maximum absolute atomic E-state index is 12.9. The third-order valence-corrected chi connectivity index (χ3v) is 5.48. The average molecular weight is 295 g/mol. The lowest BCUT2D eigenvalue weighted by Crippen LogP contribution is -2.50. The van der Waals surface area contributed by atoms with Crippen molar-refractivity contribution < 1.29 is 19.4 Å². The van der Waals surface area contributed by atoms with Gasteiger partial charge in [0.1, 0.15) is 0 Å². The zero-order valence-corrected chi connectivity index (χ0v) is 12.7. The molecule has 3 saturated heterocycles. The van der Waals surface area contributed by atoms with E-state index in [1.54, 1.807) is 0 Å². The summed E-state index contributed by atoms with van der Waals surface area (Å²) in [7, 11) is 0. The molecule has 0 spiro atoms. The number of carbonyl (C=O) groups is 2. The van der Waals surface area contributed by atoms with Crippen LogP contribution >= 0.6 is 0 Å². The average Bonchev–Trinajstić information content (AvgIpc) is 3.00. The zero-order chi connectivity index (χ0) is 15.0. The Morgan fingerprint density at radius 3 is 2.43 bits per heavy atom. The van der Waals surface area contributed by atoms with Crippen molar-refractivity contribution >= 4 is 11.9 Å². The summed E-state index contributed by atoms with van der Waals surface area (Å²) in [6.45, 7) is 2.77. The number of carboxylic acid groups (broad SMARTS) is 1. The smallest absolute Gasteiger partial charge is 0.303 e. The van der Waals surface area contributed by atoms with Crippen LogP contribution in [0.15, 0.2) is 0 Å². The van der Waals surface area contributed by atoms with Gasteiger partial charge in [0.25, 0.3) is 0 Å². The number of piperidine rings is 1. The molecule has 0 aliphatic carbocycles. The predicted octanol–water partition coefficient (Wildman–Crippen LogP) is 2.05. The van der Waals surface area contributed by atoms with Gasteiger partial charge in [-0.2, -0.15) is 0 Å². The highest BCUT2D eigenvalue weighted by Crippen LogP contribution is 2.42. The second-order valence-electron chi connectivity index (χ2n) is 6.78. The number of nitrogens with zero attached hydrogens (tertiary/aromatic N) is 1. The van der Waals surface area contributed by atoms with E-state index < -0.39 is 5.97 Å². The number of rotatable bonds is 4. The largest absolute Gasteiger partial charge is 0.481 e. The van der Waals surface area contributed by atoms with Crippen LogP contribution in [-0.2, 0) is 14.3 Å². The molecular weight excluding hydrogens is 270 g/mol. The molecule has 5 nitrogen and oxygen atoms in total. The Labute approximate surface area is 125 Å². The molecule has 118 valence electrons. The normalized spacial score (nSPS) is 38.7. The Balaban J connectivity index is 1.67. The van der Waals surface area contributed by atoms with Crippen molar-refractivity contribution in [2.24, 2.45) is 11.8 Å². The molecule has 3 rings (SSSR count). The molecule has 0 saturated carbocycles. The molecular formula is C16H25NO4. The molecule has 3 fully saturated rings. The SMILES string of the molecule is CCC1OCCC1C(=O)N1C2CCC1CC(CC(=O)O)C2. The highest BCUT2D eigenvalue weighted by molar-refractivity contribution is 5.81. The predicted molar refractivity (Wildman–Crippen MR) is 76.8 cm³/mol. The molecule has 0 aromatic heterocycles. The van der Waals surface area contributed by atoms with Crippen LogP contribution in [0.1, 0.15) is 51.9 Å². The lowest BCUT2D eigenvalue weighted by atomic mass is 9.86. The number of amides is 1. The van der Waals surface area contributed by atoms with E-state index in [9.17, 15) is 9.59 Å². The fourth-order valence-corrected chi connectivity index (χ4v) is 4.59. The molecule has 21 heavy (non-hydrogen) atoms. The van der Waals surface area contributed by atoms with Gasteiger partial charge in [-0.05, 0) is 44.4 Å². The fraction of sp³-hybridized carbons (Fsp3) is 0.875. The van der Waals surface area contributed by atoms with Gasteiger partial charge in [-0.25, -0.2) is 0 Å². The number of hydrogen-bond acceptors (Lipinski definition) is 3. The molecule has 3 heterocycles. The van der Waals surface area contributed by atoms with Crippen molar-refractivity contribution in [3.8, 4) is 0 Å². The van der Waals surface area contributed by atoms with E-state index >= 15 is 0 Å². The van der Waals surface area contributed by atoms with Crippen LogP contribution in [0.5, 0.6) is 0 Å². The summed E-state index contributed by atoms with van der Waals surface area (Å²) >= 11 is 0. The molecule has 3 aliphatic rings. The lowest BCUT2D eigenvalue weighted by Gasteiger charge is -2.40. The van der Waals surface area contributed by atoms with Crippen molar-refractivity contribution in [2.75, 3.05) is 6.61 Å². The van der Waals surface area contributed by atoms with Crippen molar-refractivity contribution in [3.63, 3.8) is 0 Å². The van der Waals surface area contributed by atoms with E-state index in [1.165, 1.54) is 0 Å². The molecule has 3 aliphatic heterocycles. The van der Waals surface area contributed by atoms with E-state index in [2.05, 4.69) is 11.8 Å². The van der Waals surface area contributed by atoms with Gasteiger partial charge in [-0.15, -0.1) is 0 Å². The first-order valence-corrected chi connectivity index (χ1v) is 8.25. The second kappa shape index (κ2) is 5.95. The van der Waals surface area contributed by atoms with Gasteiger partial charge in [0.15, 0.2) is 0 Å². The van der Waals surface area contributed by atoms with Gasteiger partial charge in [-0.1, -0.05) is 6.92 Å². The van der Waals surface area contributed by atoms with E-state index in [0.717, 1.165) is 38.5 Å². The van der Waals surface area contributed by atoms with E-state index in [4.69, 9.17) is 9.84 Å². The fourth-order valence-electron chi connectivity index (χ4n) is 4.59. The van der Waals surface area contributed by atoms with E-state index in [-0.39, 0.29) is 42.4 Å². The number of fused-ring (bicyclic) bond motifs is 2. The third-order valence-electron chi connectivity index (χ3n) is 5.48. The Hall–Kier alpha value is -1.10. The minimum Gasteiger partial charge on any atom is -0.481 e. The molecule has 2 bridgehead atoms. The quantitative estimate of drug-likeness (QED) is 0.862. The maximum atomic E-state index is 12.9. The highest BCUT2D eigenvalue weighted by Gasteiger charge is 2.47. The second-order valence-corrected chi connectivity index (χ2v) is 6.78. The van der Waals surface area contributed by atoms with E-state index in [0.29, 0.717) is 6.61 Å². The third kappa shape index (κ3) is 2.80. The Bertz CT molecular complexity index is 411. The molecule has 5 heteroatoms. The van der Waals surface area contributed by atoms with Crippen molar-refractivity contribution in [1.29, 1.82) is 0 Å². The lowest BCUT2D eigenvalue weighted by molar-refractivity contribution is -0.143. The van der Waals surface area contributed by atoms with Gasteiger partial charge in [0.2, 0.25) is 5.91 Å². The van der Waals surface area contributed by atoms with Crippen LogP contribution in [0.3, 0.4) is 0 Å². The van der Waals surface area contributed by atoms with Crippen LogP contribution < -0.4 is 0 Å². The molecule has 0 radical (unpaired) electrons. The van der Waals surface area contributed by atoms with Gasteiger partial charge in [-0.3, -0.25) is 9.59 Å². The molecule has 1 amide bonds. The Morgan fingerprint density at radius 1 is 1.19 bits per heavy atom. The minimum atomic E-state index is -0.714. The summed E-state index contributed by atoms with van der Waals surface area (Å²) in [5.74, 6) is -0.185. The highest BCUT2D eigenvalue weighted by atomic mass is 16.5. The van der Waals surface area contributed by atoms with Crippen LogP contribution in [0.4, 0.5) is 0 Å². The van der Waals surface area contributed by atoms with Gasteiger partial charge in [0.05, 0.1) is 12.0 Å². The van der Waals surface area contributed by atoms with Crippen molar-refractivity contribution in [3.05, 3.63) is 0 Å². The first kappa shape index (κ1) is 14.8. The zero-order valence-electron chi connectivity index (χ0n) is 12.7. The summed E-state index contributed by atoms with van der Waals surface area (Å²) in [5.41, 5.74) is 0. The van der Waals surface area contributed by atoms with Crippen LogP contribution in [0.2, 0.25) is 0 Å². The Morgan fingerprint density at radius 2 is 1.86 bits per heavy atom. The first-order chi connectivity index (χ1) is 10.1. The standard InChI is InChI=1S/C16H25NO4/c1-2-14-13(5-6-21-14)16(20)17-11-3-4-12(17)8-10(7-11)9-15(18)19/h10-14H,2-9H2,1H3,(H,18,19). The minimum absolute atomic E-state index is 0.0223. The Kier molecular flexibility index (Phi) is 4.20. The summed E-state index contributed by atoms with van der Waals surface area (Å²) in [6.07, 6.45) is 5.85. The molecule has 1 N–H and O–H groups in total. The van der Waals surface area contributed by atoms with Gasteiger partial charge < -0.3 is 14.7 Å². The number of carbonyl (C=O) groups excluding carboxylic acids is 1. The van der Waals surface area contributed by atoms with Crippen LogP contribution in [-0.4, -0.2) is 46.7 Å². The van der Waals surface area contributed by atoms with Gasteiger partial charge in [0, 0.05) is 25.1 Å². The number of aliphatic carboxylic acids is 1.